The summed E-state index contributed by atoms with van der Waals surface area (Å²) in [5.74, 6) is 0.850. The number of pyridine rings is 1. The Morgan fingerprint density at radius 2 is 1.81 bits per heavy atom. The van der Waals surface area contributed by atoms with E-state index in [-0.39, 0.29) is 0 Å². The molecule has 1 aliphatic heterocycles. The van der Waals surface area contributed by atoms with Crippen molar-refractivity contribution in [3.63, 3.8) is 0 Å². The van der Waals surface area contributed by atoms with Gasteiger partial charge in [-0.1, -0.05) is 42.5 Å². The minimum atomic E-state index is 0.352. The first-order chi connectivity index (χ1) is 15.7. The molecule has 2 aromatic carbocycles. The number of dihydropyridines is 1. The van der Waals surface area contributed by atoms with Crippen molar-refractivity contribution in [3.05, 3.63) is 102 Å². The van der Waals surface area contributed by atoms with Gasteiger partial charge in [-0.05, 0) is 61.0 Å². The van der Waals surface area contributed by atoms with Gasteiger partial charge < -0.3 is 10.6 Å². The van der Waals surface area contributed by atoms with Crippen molar-refractivity contribution < 1.29 is 0 Å². The summed E-state index contributed by atoms with van der Waals surface area (Å²) in [5, 5.41) is 7.86. The molecule has 0 saturated carbocycles. The Labute approximate surface area is 188 Å². The van der Waals surface area contributed by atoms with Gasteiger partial charge in [-0.3, -0.25) is 4.98 Å². The van der Waals surface area contributed by atoms with E-state index in [0.717, 1.165) is 33.5 Å². The van der Waals surface area contributed by atoms with E-state index in [2.05, 4.69) is 94.0 Å². The monoisotopic (exact) mass is 419 g/mol. The molecule has 0 aliphatic carbocycles. The molecule has 2 aromatic heterocycles. The Hall–Kier alpha value is -3.99. The number of anilines is 1. The number of nitrogens with one attached hydrogen (secondary N) is 2. The molecular weight excluding hydrogens is 394 g/mol. The van der Waals surface area contributed by atoms with E-state index in [1.165, 1.54) is 16.7 Å². The molecule has 3 heterocycles. The van der Waals surface area contributed by atoms with Gasteiger partial charge in [0.25, 0.3) is 0 Å². The molecule has 32 heavy (non-hydrogen) atoms. The Morgan fingerprint density at radius 1 is 0.969 bits per heavy atom. The summed E-state index contributed by atoms with van der Waals surface area (Å²) in [6.45, 7) is 4.91. The summed E-state index contributed by atoms with van der Waals surface area (Å²) in [6.07, 6.45) is 9.80. The molecule has 158 valence electrons. The predicted molar refractivity (Wildman–Crippen MR) is 131 cm³/mol. The Balaban J connectivity index is 1.33. The maximum atomic E-state index is 4.55. The fourth-order valence-electron chi connectivity index (χ4n) is 4.00. The fraction of sp³-hybridized carbons (Fsp3) is 0.148. The molecule has 5 heteroatoms. The Morgan fingerprint density at radius 3 is 2.66 bits per heavy atom. The molecule has 4 aromatic rings. The minimum absolute atomic E-state index is 0.352. The number of allylic oxidation sites excluding steroid dienone is 2. The predicted octanol–water partition coefficient (Wildman–Crippen LogP) is 5.50. The summed E-state index contributed by atoms with van der Waals surface area (Å²) >= 11 is 0. The van der Waals surface area contributed by atoms with Crippen LogP contribution in [0, 0.1) is 6.92 Å². The molecule has 1 atom stereocenters. The van der Waals surface area contributed by atoms with Crippen LogP contribution in [0.3, 0.4) is 0 Å². The van der Waals surface area contributed by atoms with Crippen molar-refractivity contribution in [1.29, 1.82) is 0 Å². The molecule has 5 rings (SSSR count). The quantitative estimate of drug-likeness (QED) is 0.447. The molecule has 0 fully saturated rings. The van der Waals surface area contributed by atoms with E-state index in [0.29, 0.717) is 12.6 Å². The lowest BCUT2D eigenvalue weighted by Gasteiger charge is -2.15. The van der Waals surface area contributed by atoms with Crippen LogP contribution in [0.4, 0.5) is 5.82 Å². The van der Waals surface area contributed by atoms with Crippen molar-refractivity contribution in [2.45, 2.75) is 26.4 Å². The molecule has 5 nitrogen and oxygen atoms in total. The first kappa shape index (κ1) is 19.9. The third-order valence-electron chi connectivity index (χ3n) is 5.76. The first-order valence-electron chi connectivity index (χ1n) is 10.8. The van der Waals surface area contributed by atoms with Crippen LogP contribution in [0.5, 0.6) is 0 Å². The highest BCUT2D eigenvalue weighted by Crippen LogP contribution is 2.27. The molecule has 0 radical (unpaired) electrons. The standard InChI is InChI=1S/C27H25N5/c1-18-14-22(11-13-28-18)21-7-5-20(6-8-21)16-30-27-19(2)26(31-17-32-27)24-9-10-25-23(15-24)4-3-12-29-25/h3-15,17-18,28H,16H2,1-2H3,(H,30,31,32). The molecule has 2 N–H and O–H groups in total. The van der Waals surface area contributed by atoms with Crippen LogP contribution in [-0.4, -0.2) is 21.0 Å². The lowest BCUT2D eigenvalue weighted by molar-refractivity contribution is 0.764. The highest BCUT2D eigenvalue weighted by Gasteiger charge is 2.10. The van der Waals surface area contributed by atoms with Gasteiger partial charge in [-0.25, -0.2) is 9.97 Å². The van der Waals surface area contributed by atoms with E-state index in [4.69, 9.17) is 0 Å². The number of fused-ring (bicyclic) bond motifs is 1. The maximum absolute atomic E-state index is 4.55. The summed E-state index contributed by atoms with van der Waals surface area (Å²) < 4.78 is 0. The average molecular weight is 420 g/mol. The molecule has 1 unspecified atom stereocenters. The summed E-state index contributed by atoms with van der Waals surface area (Å²) in [4.78, 5) is 13.4. The molecular formula is C27H25N5. The van der Waals surface area contributed by atoms with Crippen LogP contribution in [0.2, 0.25) is 0 Å². The first-order valence-corrected chi connectivity index (χ1v) is 10.8. The highest BCUT2D eigenvalue weighted by atomic mass is 15.0. The normalized spacial score (nSPS) is 15.3. The van der Waals surface area contributed by atoms with Gasteiger partial charge in [0, 0.05) is 35.3 Å². The fourth-order valence-corrected chi connectivity index (χ4v) is 4.00. The Kier molecular flexibility index (Phi) is 5.38. The van der Waals surface area contributed by atoms with Crippen molar-refractivity contribution in [2.75, 3.05) is 5.32 Å². The zero-order chi connectivity index (χ0) is 21.9. The van der Waals surface area contributed by atoms with E-state index in [1.807, 2.05) is 24.5 Å². The van der Waals surface area contributed by atoms with E-state index in [1.54, 1.807) is 6.33 Å². The highest BCUT2D eigenvalue weighted by molar-refractivity contribution is 5.84. The number of hydrogen-bond acceptors (Lipinski definition) is 5. The molecule has 0 spiro atoms. The Bertz CT molecular complexity index is 1320. The molecule has 1 aliphatic rings. The summed E-state index contributed by atoms with van der Waals surface area (Å²) in [7, 11) is 0. The second-order valence-corrected chi connectivity index (χ2v) is 8.07. The van der Waals surface area contributed by atoms with Crippen molar-refractivity contribution >= 4 is 22.3 Å². The lowest BCUT2D eigenvalue weighted by Crippen LogP contribution is -2.20. The summed E-state index contributed by atoms with van der Waals surface area (Å²) in [6, 6.07) is 19.3. The van der Waals surface area contributed by atoms with Crippen LogP contribution in [0.1, 0.15) is 23.6 Å². The zero-order valence-electron chi connectivity index (χ0n) is 18.2. The lowest BCUT2D eigenvalue weighted by atomic mass is 10.0. The van der Waals surface area contributed by atoms with Crippen LogP contribution >= 0.6 is 0 Å². The van der Waals surface area contributed by atoms with Crippen molar-refractivity contribution in [1.82, 2.24) is 20.3 Å². The molecule has 0 amide bonds. The average Bonchev–Trinajstić information content (AvgIpc) is 2.83. The number of rotatable bonds is 5. The van der Waals surface area contributed by atoms with E-state index in [9.17, 15) is 0 Å². The van der Waals surface area contributed by atoms with Crippen LogP contribution in [0.15, 0.2) is 85.5 Å². The zero-order valence-corrected chi connectivity index (χ0v) is 18.2. The second kappa shape index (κ2) is 8.63. The van der Waals surface area contributed by atoms with E-state index < -0.39 is 0 Å². The smallest absolute Gasteiger partial charge is 0.133 e. The van der Waals surface area contributed by atoms with Crippen molar-refractivity contribution in [3.8, 4) is 11.3 Å². The molecule has 0 bridgehead atoms. The third kappa shape index (κ3) is 4.10. The topological polar surface area (TPSA) is 62.7 Å². The number of benzene rings is 2. The van der Waals surface area contributed by atoms with Gasteiger partial charge in [0.2, 0.25) is 0 Å². The minimum Gasteiger partial charge on any atom is -0.385 e. The second-order valence-electron chi connectivity index (χ2n) is 8.07. The maximum Gasteiger partial charge on any atom is 0.133 e. The van der Waals surface area contributed by atoms with Crippen LogP contribution in [0.25, 0.3) is 27.7 Å². The third-order valence-corrected chi connectivity index (χ3v) is 5.76. The van der Waals surface area contributed by atoms with Gasteiger partial charge in [0.05, 0.1) is 11.2 Å². The summed E-state index contributed by atoms with van der Waals surface area (Å²) in [5.41, 5.74) is 7.69. The van der Waals surface area contributed by atoms with Crippen molar-refractivity contribution in [2.24, 2.45) is 0 Å². The molecule has 0 saturated heterocycles. The number of hydrogen-bond donors (Lipinski definition) is 2. The number of aromatic nitrogens is 3. The van der Waals surface area contributed by atoms with Gasteiger partial charge in [0.1, 0.15) is 12.1 Å². The van der Waals surface area contributed by atoms with Gasteiger partial charge in [-0.2, -0.15) is 0 Å². The van der Waals surface area contributed by atoms with Crippen LogP contribution in [-0.2, 0) is 6.54 Å². The SMILES string of the molecule is Cc1c(NCc2ccc(C3=CC(C)NC=C3)cc2)ncnc1-c1ccc2ncccc2c1. The van der Waals surface area contributed by atoms with Crippen LogP contribution < -0.4 is 10.6 Å². The van der Waals surface area contributed by atoms with Gasteiger partial charge >= 0.3 is 0 Å². The largest absolute Gasteiger partial charge is 0.385 e. The van der Waals surface area contributed by atoms with Gasteiger partial charge in [-0.15, -0.1) is 0 Å². The van der Waals surface area contributed by atoms with Gasteiger partial charge in [0.15, 0.2) is 0 Å². The van der Waals surface area contributed by atoms with E-state index >= 15 is 0 Å². The number of nitrogens with zero attached hydrogens (tertiary/aromatic N) is 3.